The van der Waals surface area contributed by atoms with Gasteiger partial charge in [0.1, 0.15) is 5.82 Å². The highest BCUT2D eigenvalue weighted by Gasteiger charge is 2.21. The van der Waals surface area contributed by atoms with E-state index in [0.29, 0.717) is 6.42 Å². The molecule has 1 amide bonds. The number of amides is 1. The molecule has 0 aliphatic carbocycles. The van der Waals surface area contributed by atoms with Crippen LogP contribution in [0.2, 0.25) is 0 Å². The number of carbonyl (C=O) groups is 1. The van der Waals surface area contributed by atoms with Gasteiger partial charge >= 0.3 is 0 Å². The molecule has 0 radical (unpaired) electrons. The number of rotatable bonds is 4. The number of nitrogens with one attached hydrogen (secondary N) is 1. The lowest BCUT2D eigenvalue weighted by atomic mass is 10.1. The predicted molar refractivity (Wildman–Crippen MR) is 92.1 cm³/mol. The van der Waals surface area contributed by atoms with E-state index in [2.05, 4.69) is 44.1 Å². The maximum atomic E-state index is 11.4. The van der Waals surface area contributed by atoms with Crippen LogP contribution < -0.4 is 5.32 Å². The SMILES string of the molecule is O=C1CCC(Cn2ccnc2-c2ccc(-c3cccnc3)cc2)N1. The summed E-state index contributed by atoms with van der Waals surface area (Å²) in [6.45, 7) is 0.755. The van der Waals surface area contributed by atoms with Crippen LogP contribution in [-0.2, 0) is 11.3 Å². The monoisotopic (exact) mass is 318 g/mol. The molecule has 1 aliphatic heterocycles. The standard InChI is InChI=1S/C19H18N4O/c24-18-8-7-17(22-18)13-23-11-10-21-19(23)15-5-3-14(4-6-15)16-2-1-9-20-12-16/h1-6,9-12,17H,7-8,13H2,(H,22,24). The second-order valence-corrected chi connectivity index (χ2v) is 6.03. The smallest absolute Gasteiger partial charge is 0.220 e. The van der Waals surface area contributed by atoms with E-state index in [9.17, 15) is 4.79 Å². The van der Waals surface area contributed by atoms with Crippen molar-refractivity contribution in [2.75, 3.05) is 0 Å². The molecule has 1 aromatic carbocycles. The van der Waals surface area contributed by atoms with E-state index in [-0.39, 0.29) is 11.9 Å². The molecule has 3 heterocycles. The number of hydrogen-bond acceptors (Lipinski definition) is 3. The third kappa shape index (κ3) is 2.93. The minimum absolute atomic E-state index is 0.141. The molecule has 4 rings (SSSR count). The molecule has 1 atom stereocenters. The van der Waals surface area contributed by atoms with Crippen LogP contribution in [0.3, 0.4) is 0 Å². The van der Waals surface area contributed by atoms with Crippen molar-refractivity contribution in [2.45, 2.75) is 25.4 Å². The average Bonchev–Trinajstić information content (AvgIpc) is 3.25. The van der Waals surface area contributed by atoms with Gasteiger partial charge in [-0.05, 0) is 23.6 Å². The Labute approximate surface area is 140 Å². The van der Waals surface area contributed by atoms with E-state index in [1.807, 2.05) is 24.5 Å². The lowest BCUT2D eigenvalue weighted by Gasteiger charge is -2.13. The Hall–Kier alpha value is -2.95. The van der Waals surface area contributed by atoms with Crippen LogP contribution in [0.5, 0.6) is 0 Å². The highest BCUT2D eigenvalue weighted by atomic mass is 16.1. The Morgan fingerprint density at radius 1 is 1.08 bits per heavy atom. The van der Waals surface area contributed by atoms with Gasteiger partial charge in [-0.1, -0.05) is 30.3 Å². The third-order valence-electron chi connectivity index (χ3n) is 4.36. The van der Waals surface area contributed by atoms with Crippen molar-refractivity contribution in [2.24, 2.45) is 0 Å². The van der Waals surface area contributed by atoms with Crippen molar-refractivity contribution in [3.63, 3.8) is 0 Å². The summed E-state index contributed by atoms with van der Waals surface area (Å²) in [6, 6.07) is 12.5. The van der Waals surface area contributed by atoms with Crippen LogP contribution in [0, 0.1) is 0 Å². The van der Waals surface area contributed by atoms with Gasteiger partial charge in [-0.3, -0.25) is 9.78 Å². The number of aromatic nitrogens is 3. The minimum atomic E-state index is 0.141. The summed E-state index contributed by atoms with van der Waals surface area (Å²) in [4.78, 5) is 20.0. The molecule has 1 aliphatic rings. The van der Waals surface area contributed by atoms with Gasteiger partial charge in [0.25, 0.3) is 0 Å². The van der Waals surface area contributed by atoms with Gasteiger partial charge < -0.3 is 9.88 Å². The predicted octanol–water partition coefficient (Wildman–Crippen LogP) is 2.89. The second kappa shape index (κ2) is 6.28. The quantitative estimate of drug-likeness (QED) is 0.804. The van der Waals surface area contributed by atoms with E-state index < -0.39 is 0 Å². The largest absolute Gasteiger partial charge is 0.352 e. The molecule has 1 saturated heterocycles. The maximum absolute atomic E-state index is 11.4. The molecule has 2 aromatic heterocycles. The van der Waals surface area contributed by atoms with E-state index in [4.69, 9.17) is 0 Å². The third-order valence-corrected chi connectivity index (χ3v) is 4.36. The van der Waals surface area contributed by atoms with Gasteiger partial charge in [0.05, 0.1) is 0 Å². The Balaban J connectivity index is 1.56. The second-order valence-electron chi connectivity index (χ2n) is 6.03. The fourth-order valence-electron chi connectivity index (χ4n) is 3.11. The van der Waals surface area contributed by atoms with Crippen molar-refractivity contribution in [3.05, 3.63) is 61.2 Å². The average molecular weight is 318 g/mol. The molecule has 1 unspecified atom stereocenters. The molecular formula is C19H18N4O. The number of pyridine rings is 1. The van der Waals surface area contributed by atoms with Crippen LogP contribution in [-0.4, -0.2) is 26.5 Å². The maximum Gasteiger partial charge on any atom is 0.220 e. The van der Waals surface area contributed by atoms with Crippen molar-refractivity contribution in [3.8, 4) is 22.5 Å². The summed E-state index contributed by atoms with van der Waals surface area (Å²) in [5.41, 5.74) is 3.30. The van der Waals surface area contributed by atoms with Crippen molar-refractivity contribution < 1.29 is 4.79 Å². The summed E-state index contributed by atoms with van der Waals surface area (Å²) in [6.07, 6.45) is 8.91. The molecule has 24 heavy (non-hydrogen) atoms. The highest BCUT2D eigenvalue weighted by molar-refractivity contribution is 5.78. The Morgan fingerprint density at radius 2 is 1.92 bits per heavy atom. The summed E-state index contributed by atoms with van der Waals surface area (Å²) in [7, 11) is 0. The van der Waals surface area contributed by atoms with Gasteiger partial charge in [0, 0.05) is 49.4 Å². The van der Waals surface area contributed by atoms with Gasteiger partial charge in [0.15, 0.2) is 0 Å². The first-order valence-electron chi connectivity index (χ1n) is 8.11. The van der Waals surface area contributed by atoms with Crippen LogP contribution in [0.4, 0.5) is 0 Å². The van der Waals surface area contributed by atoms with Crippen molar-refractivity contribution in [1.82, 2.24) is 19.9 Å². The molecule has 5 nitrogen and oxygen atoms in total. The first-order valence-corrected chi connectivity index (χ1v) is 8.11. The van der Waals surface area contributed by atoms with Gasteiger partial charge in [-0.15, -0.1) is 0 Å². The van der Waals surface area contributed by atoms with E-state index >= 15 is 0 Å². The summed E-state index contributed by atoms with van der Waals surface area (Å²) in [5, 5.41) is 3.01. The first-order chi connectivity index (χ1) is 11.8. The molecule has 0 spiro atoms. The molecule has 3 aromatic rings. The zero-order valence-electron chi connectivity index (χ0n) is 13.2. The number of benzene rings is 1. The van der Waals surface area contributed by atoms with E-state index in [1.165, 1.54) is 0 Å². The number of imidazole rings is 1. The van der Waals surface area contributed by atoms with Crippen LogP contribution >= 0.6 is 0 Å². The molecule has 120 valence electrons. The minimum Gasteiger partial charge on any atom is -0.352 e. The summed E-state index contributed by atoms with van der Waals surface area (Å²) < 4.78 is 2.11. The van der Waals surface area contributed by atoms with Crippen LogP contribution in [0.15, 0.2) is 61.2 Å². The zero-order valence-corrected chi connectivity index (χ0v) is 13.2. The molecule has 0 saturated carbocycles. The fourth-order valence-corrected chi connectivity index (χ4v) is 3.11. The molecule has 0 bridgehead atoms. The zero-order chi connectivity index (χ0) is 16.4. The summed E-state index contributed by atoms with van der Waals surface area (Å²) >= 11 is 0. The molecule has 1 fully saturated rings. The number of carbonyl (C=O) groups excluding carboxylic acids is 1. The van der Waals surface area contributed by atoms with Crippen LogP contribution in [0.25, 0.3) is 22.5 Å². The summed E-state index contributed by atoms with van der Waals surface area (Å²) in [5.74, 6) is 1.07. The topological polar surface area (TPSA) is 59.8 Å². The van der Waals surface area contributed by atoms with Gasteiger partial charge in [-0.2, -0.15) is 0 Å². The lowest BCUT2D eigenvalue weighted by molar-refractivity contribution is -0.119. The molecular weight excluding hydrogens is 300 g/mol. The Bertz CT molecular complexity index is 839. The van der Waals surface area contributed by atoms with Gasteiger partial charge in [-0.25, -0.2) is 4.98 Å². The Kier molecular flexibility index (Phi) is 3.83. The van der Waals surface area contributed by atoms with Crippen molar-refractivity contribution in [1.29, 1.82) is 0 Å². The van der Waals surface area contributed by atoms with Gasteiger partial charge in [0.2, 0.25) is 5.91 Å². The normalized spacial score (nSPS) is 17.0. The highest BCUT2D eigenvalue weighted by Crippen LogP contribution is 2.24. The van der Waals surface area contributed by atoms with Crippen molar-refractivity contribution >= 4 is 5.91 Å². The van der Waals surface area contributed by atoms with E-state index in [1.54, 1.807) is 12.4 Å². The Morgan fingerprint density at radius 3 is 2.62 bits per heavy atom. The van der Waals surface area contributed by atoms with E-state index in [0.717, 1.165) is 35.5 Å². The lowest BCUT2D eigenvalue weighted by Crippen LogP contribution is -2.29. The van der Waals surface area contributed by atoms with Crippen LogP contribution in [0.1, 0.15) is 12.8 Å². The number of hydrogen-bond donors (Lipinski definition) is 1. The number of nitrogens with zero attached hydrogens (tertiary/aromatic N) is 3. The molecule has 5 heteroatoms. The first kappa shape index (κ1) is 14.6. The molecule has 1 N–H and O–H groups in total. The fraction of sp³-hybridized carbons (Fsp3) is 0.211.